The van der Waals surface area contributed by atoms with Crippen LogP contribution < -0.4 is 0 Å². The molecule has 1 heterocycles. The Labute approximate surface area is 80.1 Å². The summed E-state index contributed by atoms with van der Waals surface area (Å²) in [6.07, 6.45) is -3.85. The molecule has 1 atom stereocenters. The zero-order valence-corrected chi connectivity index (χ0v) is 7.88. The Balaban J connectivity index is 2.61. The Morgan fingerprint density at radius 1 is 1.29 bits per heavy atom. The largest absolute Gasteiger partial charge is 0.393 e. The molecular formula is C8H14F3NO2. The van der Waals surface area contributed by atoms with Crippen molar-refractivity contribution in [2.24, 2.45) is 5.92 Å². The minimum absolute atomic E-state index is 0.0656. The lowest BCUT2D eigenvalue weighted by Crippen LogP contribution is -2.53. The van der Waals surface area contributed by atoms with Crippen molar-refractivity contribution >= 4 is 0 Å². The Kier molecular flexibility index (Phi) is 3.08. The van der Waals surface area contributed by atoms with Crippen molar-refractivity contribution in [1.29, 1.82) is 0 Å². The van der Waals surface area contributed by atoms with Crippen LogP contribution in [0.3, 0.4) is 0 Å². The number of nitrogens with zero attached hydrogens (tertiary/aromatic N) is 1. The molecule has 0 radical (unpaired) electrons. The third kappa shape index (κ3) is 2.83. The van der Waals surface area contributed by atoms with Gasteiger partial charge in [-0.2, -0.15) is 13.2 Å². The number of halogens is 3. The Morgan fingerprint density at radius 2 is 1.86 bits per heavy atom. The second-order valence-corrected chi connectivity index (χ2v) is 3.80. The molecule has 1 aliphatic heterocycles. The average molecular weight is 213 g/mol. The van der Waals surface area contributed by atoms with Gasteiger partial charge in [0.25, 0.3) is 0 Å². The third-order valence-corrected chi connectivity index (χ3v) is 2.48. The van der Waals surface area contributed by atoms with Crippen molar-refractivity contribution in [3.8, 4) is 0 Å². The second-order valence-electron chi connectivity index (χ2n) is 3.80. The van der Waals surface area contributed by atoms with Gasteiger partial charge in [0.2, 0.25) is 5.91 Å². The van der Waals surface area contributed by atoms with E-state index in [1.54, 1.807) is 0 Å². The van der Waals surface area contributed by atoms with Gasteiger partial charge in [-0.15, -0.1) is 0 Å². The zero-order chi connectivity index (χ0) is 11.0. The SMILES string of the molecule is CC(O)(O)N1CCCC(C(F)(F)F)C1. The van der Waals surface area contributed by atoms with Crippen molar-refractivity contribution < 1.29 is 23.4 Å². The van der Waals surface area contributed by atoms with E-state index in [2.05, 4.69) is 0 Å². The van der Waals surface area contributed by atoms with Gasteiger partial charge in [0.15, 0.2) is 0 Å². The number of likely N-dealkylation sites (tertiary alicyclic amines) is 1. The van der Waals surface area contributed by atoms with Crippen LogP contribution in [0.25, 0.3) is 0 Å². The molecule has 0 spiro atoms. The fraction of sp³-hybridized carbons (Fsp3) is 1.00. The van der Waals surface area contributed by atoms with Gasteiger partial charge in [0.05, 0.1) is 5.92 Å². The molecule has 6 heteroatoms. The van der Waals surface area contributed by atoms with Crippen LogP contribution in [-0.2, 0) is 0 Å². The minimum atomic E-state index is -4.25. The van der Waals surface area contributed by atoms with Crippen LogP contribution in [0.4, 0.5) is 13.2 Å². The Hall–Kier alpha value is -0.330. The summed E-state index contributed by atoms with van der Waals surface area (Å²) in [4.78, 5) is 1.04. The lowest BCUT2D eigenvalue weighted by atomic mass is 9.97. The molecule has 0 aromatic carbocycles. The number of hydrogen-bond acceptors (Lipinski definition) is 3. The highest BCUT2D eigenvalue weighted by molar-refractivity contribution is 4.79. The van der Waals surface area contributed by atoms with E-state index in [1.807, 2.05) is 0 Å². The van der Waals surface area contributed by atoms with Gasteiger partial charge >= 0.3 is 6.18 Å². The van der Waals surface area contributed by atoms with Gasteiger partial charge in [-0.3, -0.25) is 4.90 Å². The molecule has 0 aliphatic carbocycles. The maximum Gasteiger partial charge on any atom is 0.393 e. The molecule has 0 saturated carbocycles. The van der Waals surface area contributed by atoms with E-state index in [0.717, 1.165) is 11.8 Å². The molecular weight excluding hydrogens is 199 g/mol. The first kappa shape index (κ1) is 11.7. The van der Waals surface area contributed by atoms with E-state index < -0.39 is 18.0 Å². The fourth-order valence-electron chi connectivity index (χ4n) is 1.63. The highest BCUT2D eigenvalue weighted by Gasteiger charge is 2.44. The third-order valence-electron chi connectivity index (χ3n) is 2.48. The predicted molar refractivity (Wildman–Crippen MR) is 43.2 cm³/mol. The molecule has 1 saturated heterocycles. The molecule has 1 fully saturated rings. The van der Waals surface area contributed by atoms with Crippen molar-refractivity contribution in [3.63, 3.8) is 0 Å². The van der Waals surface area contributed by atoms with Crippen LogP contribution in [0.2, 0.25) is 0 Å². The highest BCUT2D eigenvalue weighted by Crippen LogP contribution is 2.34. The number of alkyl halides is 3. The molecule has 0 amide bonds. The standard InChI is InChI=1S/C8H14F3NO2/c1-7(13,14)12-4-2-3-6(5-12)8(9,10)11/h6,13-14H,2-5H2,1H3. The molecule has 0 aromatic rings. The summed E-state index contributed by atoms with van der Waals surface area (Å²) in [7, 11) is 0. The molecule has 1 aliphatic rings. The van der Waals surface area contributed by atoms with Crippen LogP contribution in [-0.4, -0.2) is 40.3 Å². The van der Waals surface area contributed by atoms with Gasteiger partial charge in [0.1, 0.15) is 0 Å². The molecule has 3 nitrogen and oxygen atoms in total. The molecule has 84 valence electrons. The van der Waals surface area contributed by atoms with Gasteiger partial charge in [-0.25, -0.2) is 0 Å². The van der Waals surface area contributed by atoms with Crippen molar-refractivity contribution in [1.82, 2.24) is 4.90 Å². The summed E-state index contributed by atoms with van der Waals surface area (Å²) < 4.78 is 36.9. The summed E-state index contributed by atoms with van der Waals surface area (Å²) in [5.41, 5.74) is 0. The number of aliphatic hydroxyl groups is 2. The van der Waals surface area contributed by atoms with Crippen LogP contribution in [0, 0.1) is 5.92 Å². The quantitative estimate of drug-likeness (QED) is 0.636. The molecule has 14 heavy (non-hydrogen) atoms. The first-order valence-corrected chi connectivity index (χ1v) is 4.48. The first-order valence-electron chi connectivity index (χ1n) is 4.48. The van der Waals surface area contributed by atoms with Gasteiger partial charge in [0, 0.05) is 20.0 Å². The molecule has 2 N–H and O–H groups in total. The van der Waals surface area contributed by atoms with Crippen LogP contribution in [0.1, 0.15) is 19.8 Å². The number of rotatable bonds is 1. The summed E-state index contributed by atoms with van der Waals surface area (Å²) in [5, 5.41) is 18.3. The van der Waals surface area contributed by atoms with Crippen molar-refractivity contribution in [2.75, 3.05) is 13.1 Å². The topological polar surface area (TPSA) is 43.7 Å². The molecule has 0 bridgehead atoms. The lowest BCUT2D eigenvalue weighted by molar-refractivity contribution is -0.274. The van der Waals surface area contributed by atoms with E-state index in [-0.39, 0.29) is 19.5 Å². The smallest absolute Gasteiger partial charge is 0.353 e. The molecule has 0 aromatic heterocycles. The lowest BCUT2D eigenvalue weighted by Gasteiger charge is -2.39. The summed E-state index contributed by atoms with van der Waals surface area (Å²) in [6.45, 7) is 1.02. The zero-order valence-electron chi connectivity index (χ0n) is 7.88. The van der Waals surface area contributed by atoms with Crippen LogP contribution in [0.5, 0.6) is 0 Å². The van der Waals surface area contributed by atoms with E-state index in [1.165, 1.54) is 0 Å². The maximum atomic E-state index is 12.3. The molecule has 1 unspecified atom stereocenters. The normalized spacial score (nSPS) is 26.6. The van der Waals surface area contributed by atoms with Crippen molar-refractivity contribution in [2.45, 2.75) is 31.9 Å². The number of piperidine rings is 1. The Bertz CT molecular complexity index is 180. The van der Waals surface area contributed by atoms with Gasteiger partial charge in [-0.05, 0) is 12.8 Å². The van der Waals surface area contributed by atoms with Crippen LogP contribution in [0.15, 0.2) is 0 Å². The Morgan fingerprint density at radius 3 is 2.29 bits per heavy atom. The summed E-state index contributed by atoms with van der Waals surface area (Å²) >= 11 is 0. The highest BCUT2D eigenvalue weighted by atomic mass is 19.4. The second kappa shape index (κ2) is 3.67. The first-order chi connectivity index (χ1) is 6.21. The van der Waals surface area contributed by atoms with Crippen molar-refractivity contribution in [3.05, 3.63) is 0 Å². The summed E-state index contributed by atoms with van der Waals surface area (Å²) in [6, 6.07) is 0. The monoisotopic (exact) mass is 213 g/mol. The van der Waals surface area contributed by atoms with E-state index in [0.29, 0.717) is 6.42 Å². The van der Waals surface area contributed by atoms with E-state index >= 15 is 0 Å². The van der Waals surface area contributed by atoms with Gasteiger partial charge in [-0.1, -0.05) is 0 Å². The molecule has 1 rings (SSSR count). The van der Waals surface area contributed by atoms with E-state index in [9.17, 15) is 13.2 Å². The van der Waals surface area contributed by atoms with Crippen LogP contribution >= 0.6 is 0 Å². The number of hydrogen-bond donors (Lipinski definition) is 2. The minimum Gasteiger partial charge on any atom is -0.353 e. The van der Waals surface area contributed by atoms with Gasteiger partial charge < -0.3 is 10.2 Å². The van der Waals surface area contributed by atoms with E-state index in [4.69, 9.17) is 10.2 Å². The predicted octanol–water partition coefficient (Wildman–Crippen LogP) is 0.919. The summed E-state index contributed by atoms with van der Waals surface area (Å²) in [5.74, 6) is -3.60. The maximum absolute atomic E-state index is 12.3. The average Bonchev–Trinajstić information content (AvgIpc) is 2.01. The fourth-order valence-corrected chi connectivity index (χ4v) is 1.63.